The molecule has 1 N–H and O–H groups in total. The van der Waals surface area contributed by atoms with Crippen LogP contribution < -0.4 is 10.1 Å². The van der Waals surface area contributed by atoms with Crippen LogP contribution in [0.3, 0.4) is 0 Å². The zero-order valence-corrected chi connectivity index (χ0v) is 17.2. The standard InChI is InChI=1S/C23H16F5NO4/c1-12-9-14(24)4-8-19(12)33-20-7-3-13(23(26,27)28)10-17(20)21(30)29-15-5-6-18(25)16(11-15)22(31)32-2/h3-11H,1-2H3,(H,29,30). The van der Waals surface area contributed by atoms with Crippen molar-refractivity contribution in [3.05, 3.63) is 88.5 Å². The van der Waals surface area contributed by atoms with E-state index in [1.165, 1.54) is 13.0 Å². The summed E-state index contributed by atoms with van der Waals surface area (Å²) in [5, 5.41) is 2.31. The SMILES string of the molecule is COC(=O)c1cc(NC(=O)c2cc(C(F)(F)F)ccc2Oc2ccc(F)cc2C)ccc1F. The molecule has 0 aliphatic heterocycles. The predicted octanol–water partition coefficient (Wildman–Crippen LogP) is 6.12. The van der Waals surface area contributed by atoms with Crippen molar-refractivity contribution in [2.75, 3.05) is 12.4 Å². The van der Waals surface area contributed by atoms with Crippen LogP contribution in [0.1, 0.15) is 31.8 Å². The van der Waals surface area contributed by atoms with Crippen molar-refractivity contribution in [1.29, 1.82) is 0 Å². The molecule has 3 rings (SSSR count). The number of rotatable bonds is 5. The molecule has 0 saturated carbocycles. The molecule has 172 valence electrons. The van der Waals surface area contributed by atoms with Crippen molar-refractivity contribution in [1.82, 2.24) is 0 Å². The monoisotopic (exact) mass is 465 g/mol. The summed E-state index contributed by atoms with van der Waals surface area (Å²) >= 11 is 0. The van der Waals surface area contributed by atoms with E-state index in [0.717, 1.165) is 49.6 Å². The van der Waals surface area contributed by atoms with Gasteiger partial charge in [0, 0.05) is 5.69 Å². The van der Waals surface area contributed by atoms with Gasteiger partial charge in [0.25, 0.3) is 5.91 Å². The lowest BCUT2D eigenvalue weighted by Gasteiger charge is -2.16. The molecular weight excluding hydrogens is 449 g/mol. The Morgan fingerprint density at radius 1 is 0.879 bits per heavy atom. The average molecular weight is 465 g/mol. The van der Waals surface area contributed by atoms with Gasteiger partial charge in [-0.3, -0.25) is 4.79 Å². The van der Waals surface area contributed by atoms with Crippen molar-refractivity contribution >= 4 is 17.6 Å². The van der Waals surface area contributed by atoms with E-state index >= 15 is 0 Å². The molecule has 33 heavy (non-hydrogen) atoms. The highest BCUT2D eigenvalue weighted by Gasteiger charge is 2.32. The van der Waals surface area contributed by atoms with E-state index in [2.05, 4.69) is 10.1 Å². The Morgan fingerprint density at radius 2 is 1.58 bits per heavy atom. The second-order valence-electron chi connectivity index (χ2n) is 6.86. The molecule has 5 nitrogen and oxygen atoms in total. The van der Waals surface area contributed by atoms with Gasteiger partial charge >= 0.3 is 12.1 Å². The quantitative estimate of drug-likeness (QED) is 0.364. The van der Waals surface area contributed by atoms with Crippen LogP contribution in [0, 0.1) is 18.6 Å². The molecule has 0 unspecified atom stereocenters. The van der Waals surface area contributed by atoms with Gasteiger partial charge in [-0.15, -0.1) is 0 Å². The number of alkyl halides is 3. The van der Waals surface area contributed by atoms with Gasteiger partial charge in [0.2, 0.25) is 0 Å². The van der Waals surface area contributed by atoms with Crippen molar-refractivity contribution < 1.29 is 41.0 Å². The lowest BCUT2D eigenvalue weighted by molar-refractivity contribution is -0.137. The summed E-state index contributed by atoms with van der Waals surface area (Å²) in [6, 6.07) is 8.82. The molecule has 3 aromatic carbocycles. The highest BCUT2D eigenvalue weighted by atomic mass is 19.4. The number of aryl methyl sites for hydroxylation is 1. The van der Waals surface area contributed by atoms with Crippen LogP contribution in [0.2, 0.25) is 0 Å². The first-order valence-corrected chi connectivity index (χ1v) is 9.34. The van der Waals surface area contributed by atoms with Crippen LogP contribution in [0.5, 0.6) is 11.5 Å². The number of amides is 1. The smallest absolute Gasteiger partial charge is 0.416 e. The third-order valence-electron chi connectivity index (χ3n) is 4.54. The number of carbonyl (C=O) groups is 2. The topological polar surface area (TPSA) is 64.6 Å². The number of anilines is 1. The first-order valence-electron chi connectivity index (χ1n) is 9.34. The van der Waals surface area contributed by atoms with E-state index in [9.17, 15) is 31.5 Å². The van der Waals surface area contributed by atoms with E-state index in [1.54, 1.807) is 0 Å². The van der Waals surface area contributed by atoms with Gasteiger partial charge in [-0.05, 0) is 67.1 Å². The highest BCUT2D eigenvalue weighted by Crippen LogP contribution is 2.35. The molecule has 0 radical (unpaired) electrons. The molecule has 10 heteroatoms. The minimum Gasteiger partial charge on any atom is -0.465 e. The van der Waals surface area contributed by atoms with Crippen LogP contribution in [-0.2, 0) is 10.9 Å². The highest BCUT2D eigenvalue weighted by molar-refractivity contribution is 6.07. The van der Waals surface area contributed by atoms with Gasteiger partial charge in [0.15, 0.2) is 0 Å². The van der Waals surface area contributed by atoms with Gasteiger partial charge in [0.1, 0.15) is 23.1 Å². The van der Waals surface area contributed by atoms with E-state index in [-0.39, 0.29) is 17.2 Å². The molecule has 0 aliphatic carbocycles. The average Bonchev–Trinajstić information content (AvgIpc) is 2.75. The molecular formula is C23H16F5NO4. The van der Waals surface area contributed by atoms with Crippen LogP contribution in [-0.4, -0.2) is 19.0 Å². The molecule has 0 heterocycles. The fourth-order valence-corrected chi connectivity index (χ4v) is 2.89. The maximum Gasteiger partial charge on any atom is 0.416 e. The number of nitrogens with one attached hydrogen (secondary N) is 1. The number of benzene rings is 3. The van der Waals surface area contributed by atoms with Crippen molar-refractivity contribution in [2.45, 2.75) is 13.1 Å². The fourth-order valence-electron chi connectivity index (χ4n) is 2.89. The van der Waals surface area contributed by atoms with E-state index in [0.29, 0.717) is 11.6 Å². The lowest BCUT2D eigenvalue weighted by atomic mass is 10.1. The van der Waals surface area contributed by atoms with Crippen LogP contribution >= 0.6 is 0 Å². The molecule has 0 bridgehead atoms. The first-order chi connectivity index (χ1) is 15.5. The van der Waals surface area contributed by atoms with Crippen LogP contribution in [0.25, 0.3) is 0 Å². The third-order valence-corrected chi connectivity index (χ3v) is 4.54. The summed E-state index contributed by atoms with van der Waals surface area (Å²) < 4.78 is 77.0. The Morgan fingerprint density at radius 3 is 2.21 bits per heavy atom. The van der Waals surface area contributed by atoms with Crippen molar-refractivity contribution in [3.8, 4) is 11.5 Å². The molecule has 0 fully saturated rings. The Kier molecular flexibility index (Phi) is 6.66. The minimum absolute atomic E-state index is 0.0666. The number of hydrogen-bond donors (Lipinski definition) is 1. The fraction of sp³-hybridized carbons (Fsp3) is 0.130. The number of carbonyl (C=O) groups excluding carboxylic acids is 2. The Hall–Kier alpha value is -3.95. The van der Waals surface area contributed by atoms with Crippen molar-refractivity contribution in [3.63, 3.8) is 0 Å². The minimum atomic E-state index is -4.74. The molecule has 0 saturated heterocycles. The van der Waals surface area contributed by atoms with Gasteiger partial charge in [-0.25, -0.2) is 13.6 Å². The summed E-state index contributed by atoms with van der Waals surface area (Å²) in [6.07, 6.45) is -4.74. The van der Waals surface area contributed by atoms with E-state index < -0.39 is 46.4 Å². The Labute approximate surface area is 184 Å². The first kappa shape index (κ1) is 23.7. The molecule has 0 aliphatic rings. The van der Waals surface area contributed by atoms with Gasteiger partial charge in [-0.1, -0.05) is 0 Å². The summed E-state index contributed by atoms with van der Waals surface area (Å²) in [5.74, 6) is -3.57. The summed E-state index contributed by atoms with van der Waals surface area (Å²) in [5.41, 5.74) is -1.79. The Bertz CT molecular complexity index is 1220. The lowest BCUT2D eigenvalue weighted by Crippen LogP contribution is -2.16. The number of hydrogen-bond acceptors (Lipinski definition) is 4. The number of ether oxygens (including phenoxy) is 2. The zero-order chi connectivity index (χ0) is 24.3. The summed E-state index contributed by atoms with van der Waals surface area (Å²) in [7, 11) is 1.04. The molecule has 3 aromatic rings. The largest absolute Gasteiger partial charge is 0.465 e. The number of methoxy groups -OCH3 is 1. The summed E-state index contributed by atoms with van der Waals surface area (Å²) in [4.78, 5) is 24.5. The van der Waals surface area contributed by atoms with Gasteiger partial charge in [-0.2, -0.15) is 13.2 Å². The van der Waals surface area contributed by atoms with E-state index in [1.807, 2.05) is 0 Å². The normalized spacial score (nSPS) is 11.1. The van der Waals surface area contributed by atoms with E-state index in [4.69, 9.17) is 4.74 Å². The predicted molar refractivity (Wildman–Crippen MR) is 108 cm³/mol. The van der Waals surface area contributed by atoms with Crippen molar-refractivity contribution in [2.24, 2.45) is 0 Å². The zero-order valence-electron chi connectivity index (χ0n) is 17.2. The molecule has 0 spiro atoms. The molecule has 1 amide bonds. The number of halogens is 5. The summed E-state index contributed by atoms with van der Waals surface area (Å²) in [6.45, 7) is 1.52. The second-order valence-corrected chi connectivity index (χ2v) is 6.86. The number of esters is 1. The maximum absolute atomic E-state index is 13.8. The van der Waals surface area contributed by atoms with Crippen LogP contribution in [0.15, 0.2) is 54.6 Å². The second kappa shape index (κ2) is 9.27. The third kappa shape index (κ3) is 5.46. The maximum atomic E-state index is 13.8. The van der Waals surface area contributed by atoms with Gasteiger partial charge < -0.3 is 14.8 Å². The molecule has 0 atom stereocenters. The Balaban J connectivity index is 2.00. The molecule has 0 aromatic heterocycles. The van der Waals surface area contributed by atoms with Crippen LogP contribution in [0.4, 0.5) is 27.6 Å². The van der Waals surface area contributed by atoms with Gasteiger partial charge in [0.05, 0.1) is 23.8 Å².